The summed E-state index contributed by atoms with van der Waals surface area (Å²) in [7, 11) is 0. The third-order valence-electron chi connectivity index (χ3n) is 6.77. The molecule has 6 rings (SSSR count). The Kier molecular flexibility index (Phi) is 6.18. The number of anilines is 1. The first-order valence-corrected chi connectivity index (χ1v) is 13.4. The lowest BCUT2D eigenvalue weighted by Gasteiger charge is -2.33. The lowest BCUT2D eigenvalue weighted by molar-refractivity contribution is 0.00180. The van der Waals surface area contributed by atoms with Crippen molar-refractivity contribution in [3.63, 3.8) is 0 Å². The molecule has 0 bridgehead atoms. The minimum atomic E-state index is -0.0711. The molecular weight excluding hydrogens is 486 g/mol. The summed E-state index contributed by atoms with van der Waals surface area (Å²) >= 11 is 1.57. The van der Waals surface area contributed by atoms with Gasteiger partial charge in [0.2, 0.25) is 5.95 Å². The summed E-state index contributed by atoms with van der Waals surface area (Å²) in [4.78, 5) is 18.4. The number of thiazole rings is 1. The van der Waals surface area contributed by atoms with E-state index in [2.05, 4.69) is 76.7 Å². The topological polar surface area (TPSA) is 93.6 Å². The van der Waals surface area contributed by atoms with Crippen LogP contribution in [0.25, 0.3) is 37.8 Å². The number of imidazole rings is 1. The van der Waals surface area contributed by atoms with Gasteiger partial charge in [0.25, 0.3) is 0 Å². The molecule has 5 heterocycles. The van der Waals surface area contributed by atoms with Gasteiger partial charge in [-0.15, -0.1) is 0 Å². The van der Waals surface area contributed by atoms with Gasteiger partial charge < -0.3 is 14.6 Å². The van der Waals surface area contributed by atoms with E-state index in [-0.39, 0.29) is 5.41 Å². The smallest absolute Gasteiger partial charge is 0.224 e. The molecule has 1 atom stereocenters. The van der Waals surface area contributed by atoms with Crippen LogP contribution in [0.3, 0.4) is 0 Å². The van der Waals surface area contributed by atoms with Crippen molar-refractivity contribution in [2.45, 2.75) is 39.2 Å². The van der Waals surface area contributed by atoms with Crippen molar-refractivity contribution in [1.82, 2.24) is 29.4 Å². The number of morpholine rings is 1. The number of hydrogen-bond acceptors (Lipinski definition) is 9. The summed E-state index contributed by atoms with van der Waals surface area (Å²) in [5.74, 6) is 1.52. The zero-order chi connectivity index (χ0) is 25.6. The highest BCUT2D eigenvalue weighted by molar-refractivity contribution is 7.23. The molecule has 0 amide bonds. The van der Waals surface area contributed by atoms with Gasteiger partial charge in [-0.3, -0.25) is 9.30 Å². The van der Waals surface area contributed by atoms with Crippen LogP contribution in [0.2, 0.25) is 0 Å². The average Bonchev–Trinajstić information content (AvgIpc) is 3.60. The molecule has 9 nitrogen and oxygen atoms in total. The van der Waals surface area contributed by atoms with Gasteiger partial charge >= 0.3 is 0 Å². The molecule has 37 heavy (non-hydrogen) atoms. The Labute approximate surface area is 219 Å². The average molecular weight is 518 g/mol. The van der Waals surface area contributed by atoms with Gasteiger partial charge in [0.1, 0.15) is 21.8 Å². The van der Waals surface area contributed by atoms with Gasteiger partial charge in [-0.2, -0.15) is 0 Å². The number of rotatable bonds is 6. The molecule has 1 fully saturated rings. The van der Waals surface area contributed by atoms with Gasteiger partial charge in [-0.25, -0.2) is 15.0 Å². The van der Waals surface area contributed by atoms with Crippen LogP contribution in [0.5, 0.6) is 0 Å². The molecule has 4 aromatic heterocycles. The van der Waals surface area contributed by atoms with Crippen LogP contribution in [0.15, 0.2) is 47.2 Å². The van der Waals surface area contributed by atoms with Crippen LogP contribution < -0.4 is 5.32 Å². The molecule has 1 aliphatic heterocycles. The minimum absolute atomic E-state index is 0.0711. The van der Waals surface area contributed by atoms with Gasteiger partial charge in [-0.05, 0) is 6.92 Å². The zero-order valence-electron chi connectivity index (χ0n) is 21.6. The van der Waals surface area contributed by atoms with E-state index >= 15 is 0 Å². The minimum Gasteiger partial charge on any atom is -0.379 e. The first kappa shape index (κ1) is 24.0. The van der Waals surface area contributed by atoms with Crippen molar-refractivity contribution < 1.29 is 9.26 Å². The molecule has 0 unspecified atom stereocenters. The lowest BCUT2D eigenvalue weighted by atomic mass is 9.93. The maximum Gasteiger partial charge on any atom is 0.224 e. The van der Waals surface area contributed by atoms with Crippen LogP contribution in [-0.2, 0) is 10.2 Å². The maximum atomic E-state index is 5.54. The SMILES string of the molecule is C[C@H]1COCCN1CCNc1ncc2c(n1)sc1nc(-c3ccc(-c4cc(C(C)(C)C)on4)cc3)cn12. The Morgan fingerprint density at radius 2 is 1.89 bits per heavy atom. The number of aromatic nitrogens is 5. The Morgan fingerprint density at radius 3 is 2.62 bits per heavy atom. The Balaban J connectivity index is 1.16. The summed E-state index contributed by atoms with van der Waals surface area (Å²) in [5.41, 5.74) is 4.71. The second-order valence-electron chi connectivity index (χ2n) is 10.6. The van der Waals surface area contributed by atoms with E-state index in [1.165, 1.54) is 0 Å². The van der Waals surface area contributed by atoms with Crippen LogP contribution in [-0.4, -0.2) is 68.3 Å². The van der Waals surface area contributed by atoms with E-state index in [0.717, 1.165) is 76.4 Å². The largest absolute Gasteiger partial charge is 0.379 e. The Bertz CT molecular complexity index is 1530. The molecule has 1 aliphatic rings. The lowest BCUT2D eigenvalue weighted by Crippen LogP contribution is -2.45. The number of nitrogens with zero attached hydrogens (tertiary/aromatic N) is 6. The molecule has 0 saturated carbocycles. The van der Waals surface area contributed by atoms with Crippen molar-refractivity contribution in [2.24, 2.45) is 0 Å². The predicted octanol–water partition coefficient (Wildman–Crippen LogP) is 5.09. The van der Waals surface area contributed by atoms with Crippen molar-refractivity contribution in [1.29, 1.82) is 0 Å². The van der Waals surface area contributed by atoms with Crippen LogP contribution >= 0.6 is 11.3 Å². The number of fused-ring (bicyclic) bond motifs is 3. The Hall–Kier alpha value is -3.34. The van der Waals surface area contributed by atoms with E-state index < -0.39 is 0 Å². The van der Waals surface area contributed by atoms with E-state index in [1.807, 2.05) is 18.5 Å². The highest BCUT2D eigenvalue weighted by Gasteiger charge is 2.21. The van der Waals surface area contributed by atoms with Crippen LogP contribution in [0.1, 0.15) is 33.5 Å². The fraction of sp³-hybridized carbons (Fsp3) is 0.407. The second-order valence-corrected chi connectivity index (χ2v) is 11.5. The normalized spacial score (nSPS) is 17.1. The molecule has 1 aromatic carbocycles. The first-order valence-electron chi connectivity index (χ1n) is 12.6. The van der Waals surface area contributed by atoms with Crippen LogP contribution in [0.4, 0.5) is 5.95 Å². The van der Waals surface area contributed by atoms with Crippen molar-refractivity contribution in [3.8, 4) is 22.5 Å². The highest BCUT2D eigenvalue weighted by Crippen LogP contribution is 2.31. The summed E-state index contributed by atoms with van der Waals surface area (Å²) in [6, 6.07) is 10.7. The number of ether oxygens (including phenoxy) is 1. The van der Waals surface area contributed by atoms with E-state index in [9.17, 15) is 0 Å². The first-order chi connectivity index (χ1) is 17.8. The molecule has 5 aromatic rings. The van der Waals surface area contributed by atoms with Gasteiger partial charge in [0.15, 0.2) is 4.96 Å². The van der Waals surface area contributed by atoms with E-state index in [1.54, 1.807) is 11.3 Å². The van der Waals surface area contributed by atoms with Crippen molar-refractivity contribution >= 4 is 32.6 Å². The van der Waals surface area contributed by atoms with Gasteiger partial charge in [0.05, 0.1) is 25.1 Å². The molecule has 10 heteroatoms. The van der Waals surface area contributed by atoms with E-state index in [0.29, 0.717) is 12.0 Å². The number of benzene rings is 1. The molecule has 0 aliphatic carbocycles. The van der Waals surface area contributed by atoms with Crippen LogP contribution in [0, 0.1) is 0 Å². The quantitative estimate of drug-likeness (QED) is 0.333. The molecule has 0 spiro atoms. The molecule has 0 radical (unpaired) electrons. The fourth-order valence-corrected chi connectivity index (χ4v) is 5.45. The summed E-state index contributed by atoms with van der Waals surface area (Å²) in [6.07, 6.45) is 3.92. The molecular formula is C27H31N7O2S. The van der Waals surface area contributed by atoms with E-state index in [4.69, 9.17) is 19.2 Å². The number of nitrogens with one attached hydrogen (secondary N) is 1. The second kappa shape index (κ2) is 9.51. The molecule has 192 valence electrons. The van der Waals surface area contributed by atoms with Crippen molar-refractivity contribution in [2.75, 3.05) is 38.2 Å². The van der Waals surface area contributed by atoms with Gasteiger partial charge in [-0.1, -0.05) is 61.5 Å². The van der Waals surface area contributed by atoms with Crippen molar-refractivity contribution in [3.05, 3.63) is 48.5 Å². The highest BCUT2D eigenvalue weighted by atomic mass is 32.1. The standard InChI is InChI=1S/C27H31N7O2S/c1-17-16-35-12-11-33(17)10-9-28-25-29-14-22-24(31-25)37-26-30-21(15-34(22)26)19-7-5-18(6-8-19)20-13-23(36-32-20)27(2,3)4/h5-8,13-15,17H,9-12,16H2,1-4H3,(H,28,29,31)/t17-/m0/s1. The third-order valence-corrected chi connectivity index (χ3v) is 7.73. The summed E-state index contributed by atoms with van der Waals surface area (Å²) in [5, 5.41) is 7.62. The maximum absolute atomic E-state index is 5.54. The third kappa shape index (κ3) is 4.84. The zero-order valence-corrected chi connectivity index (χ0v) is 22.4. The summed E-state index contributed by atoms with van der Waals surface area (Å²) in [6.45, 7) is 12.8. The summed E-state index contributed by atoms with van der Waals surface area (Å²) < 4.78 is 13.1. The molecule has 1 N–H and O–H groups in total. The fourth-order valence-electron chi connectivity index (χ4n) is 4.50. The predicted molar refractivity (Wildman–Crippen MR) is 146 cm³/mol. The molecule has 1 saturated heterocycles. The monoisotopic (exact) mass is 517 g/mol. The Morgan fingerprint density at radius 1 is 1.11 bits per heavy atom. The van der Waals surface area contributed by atoms with Gasteiger partial charge in [0, 0.05) is 54.5 Å². The number of hydrogen-bond donors (Lipinski definition) is 1.